The van der Waals surface area contributed by atoms with Gasteiger partial charge in [-0.1, -0.05) is 12.1 Å². The summed E-state index contributed by atoms with van der Waals surface area (Å²) in [6.45, 7) is 1.88. The van der Waals surface area contributed by atoms with E-state index in [-0.39, 0.29) is 5.78 Å². The molecule has 1 heterocycles. The van der Waals surface area contributed by atoms with Crippen LogP contribution in [-0.4, -0.2) is 15.6 Å². The van der Waals surface area contributed by atoms with Gasteiger partial charge in [-0.2, -0.15) is 5.10 Å². The second-order valence-corrected chi connectivity index (χ2v) is 4.47. The predicted octanol–water partition coefficient (Wildman–Crippen LogP) is 2.13. The largest absolute Gasteiger partial charge is 0.398 e. The van der Waals surface area contributed by atoms with Crippen molar-refractivity contribution in [2.24, 2.45) is 7.05 Å². The number of anilines is 1. The molecule has 4 nitrogen and oxygen atoms in total. The molecule has 0 spiro atoms. The van der Waals surface area contributed by atoms with E-state index in [1.165, 1.54) is 0 Å². The molecule has 1 aromatic carbocycles. The number of hydrogen-bond acceptors (Lipinski definition) is 3. The van der Waals surface area contributed by atoms with Crippen LogP contribution in [0.5, 0.6) is 0 Å². The number of aromatic nitrogens is 2. The Kier molecular flexibility index (Phi) is 3.46. The molecule has 18 heavy (non-hydrogen) atoms. The number of hydrogen-bond donors (Lipinski definition) is 1. The third kappa shape index (κ3) is 2.59. The smallest absolute Gasteiger partial charge is 0.163 e. The average molecular weight is 243 g/mol. The zero-order chi connectivity index (χ0) is 13.1. The second-order valence-electron chi connectivity index (χ2n) is 4.47. The highest BCUT2D eigenvalue weighted by Gasteiger charge is 2.11. The highest BCUT2D eigenvalue weighted by atomic mass is 16.1. The van der Waals surface area contributed by atoms with Crippen molar-refractivity contribution in [3.05, 3.63) is 47.3 Å². The number of carbonyl (C=O) groups is 1. The van der Waals surface area contributed by atoms with Gasteiger partial charge in [0.15, 0.2) is 5.78 Å². The van der Waals surface area contributed by atoms with Crippen LogP contribution in [-0.2, 0) is 13.5 Å². The maximum absolute atomic E-state index is 12.1. The van der Waals surface area contributed by atoms with Gasteiger partial charge in [-0.3, -0.25) is 9.48 Å². The van der Waals surface area contributed by atoms with Crippen LogP contribution < -0.4 is 5.73 Å². The summed E-state index contributed by atoms with van der Waals surface area (Å²) < 4.78 is 1.74. The van der Waals surface area contributed by atoms with Crippen molar-refractivity contribution >= 4 is 11.5 Å². The summed E-state index contributed by atoms with van der Waals surface area (Å²) in [6.07, 6.45) is 4.91. The van der Waals surface area contributed by atoms with E-state index in [0.717, 1.165) is 16.7 Å². The first-order valence-corrected chi connectivity index (χ1v) is 5.93. The van der Waals surface area contributed by atoms with Crippen molar-refractivity contribution < 1.29 is 4.79 Å². The van der Waals surface area contributed by atoms with Crippen molar-refractivity contribution in [3.63, 3.8) is 0 Å². The summed E-state index contributed by atoms with van der Waals surface area (Å²) in [6, 6.07) is 5.46. The summed E-state index contributed by atoms with van der Waals surface area (Å²) in [4.78, 5) is 12.1. The van der Waals surface area contributed by atoms with Gasteiger partial charge >= 0.3 is 0 Å². The minimum absolute atomic E-state index is 0.128. The molecule has 0 atom stereocenters. The van der Waals surface area contributed by atoms with E-state index < -0.39 is 0 Å². The molecule has 0 amide bonds. The zero-order valence-electron chi connectivity index (χ0n) is 10.7. The topological polar surface area (TPSA) is 60.9 Å². The van der Waals surface area contributed by atoms with E-state index in [4.69, 9.17) is 5.73 Å². The van der Waals surface area contributed by atoms with Gasteiger partial charge in [-0.25, -0.2) is 0 Å². The average Bonchev–Trinajstić information content (AvgIpc) is 2.76. The lowest BCUT2D eigenvalue weighted by Gasteiger charge is -2.06. The number of nitrogens with two attached hydrogens (primary N) is 1. The van der Waals surface area contributed by atoms with Crippen LogP contribution in [0, 0.1) is 6.92 Å². The predicted molar refractivity (Wildman–Crippen MR) is 71.5 cm³/mol. The summed E-state index contributed by atoms with van der Waals surface area (Å²) in [5.74, 6) is 0.128. The standard InChI is InChI=1S/C14H17N3O/c1-10-12(4-3-5-13(10)15)14(18)7-6-11-8-16-17(2)9-11/h3-5,8-9H,6-7,15H2,1-2H3. The lowest BCUT2D eigenvalue weighted by molar-refractivity contribution is 0.0982. The summed E-state index contributed by atoms with van der Waals surface area (Å²) in [5.41, 5.74) is 9.14. The highest BCUT2D eigenvalue weighted by Crippen LogP contribution is 2.17. The van der Waals surface area contributed by atoms with Crippen LogP contribution in [0.15, 0.2) is 30.6 Å². The number of benzene rings is 1. The Balaban J connectivity index is 2.06. The molecular formula is C14H17N3O. The van der Waals surface area contributed by atoms with E-state index in [1.54, 1.807) is 10.9 Å². The molecule has 2 aromatic rings. The molecule has 0 saturated carbocycles. The van der Waals surface area contributed by atoms with E-state index in [2.05, 4.69) is 5.10 Å². The van der Waals surface area contributed by atoms with Crippen LogP contribution in [0.1, 0.15) is 27.9 Å². The molecule has 0 unspecified atom stereocenters. The van der Waals surface area contributed by atoms with Crippen LogP contribution in [0.25, 0.3) is 0 Å². The lowest BCUT2D eigenvalue weighted by atomic mass is 9.99. The van der Waals surface area contributed by atoms with Gasteiger partial charge in [0.25, 0.3) is 0 Å². The molecular weight excluding hydrogens is 226 g/mol. The first kappa shape index (κ1) is 12.4. The summed E-state index contributed by atoms with van der Waals surface area (Å²) in [7, 11) is 1.87. The maximum Gasteiger partial charge on any atom is 0.163 e. The molecule has 0 aliphatic carbocycles. The van der Waals surface area contributed by atoms with E-state index in [0.29, 0.717) is 18.5 Å². The number of nitrogen functional groups attached to an aromatic ring is 1. The fourth-order valence-electron chi connectivity index (χ4n) is 1.95. The Morgan fingerprint density at radius 1 is 1.44 bits per heavy atom. The third-order valence-electron chi connectivity index (χ3n) is 3.08. The van der Waals surface area contributed by atoms with Gasteiger partial charge in [0.2, 0.25) is 0 Å². The van der Waals surface area contributed by atoms with Gasteiger partial charge in [0.05, 0.1) is 6.20 Å². The van der Waals surface area contributed by atoms with Gasteiger partial charge in [-0.05, 0) is 30.5 Å². The number of nitrogens with zero attached hydrogens (tertiary/aromatic N) is 2. The normalized spacial score (nSPS) is 10.6. The molecule has 0 bridgehead atoms. The van der Waals surface area contributed by atoms with E-state index in [1.807, 2.05) is 38.4 Å². The van der Waals surface area contributed by atoms with Crippen molar-refractivity contribution in [2.75, 3.05) is 5.73 Å². The van der Waals surface area contributed by atoms with E-state index in [9.17, 15) is 4.79 Å². The molecule has 0 saturated heterocycles. The number of rotatable bonds is 4. The Hall–Kier alpha value is -2.10. The van der Waals surface area contributed by atoms with Crippen molar-refractivity contribution in [1.29, 1.82) is 0 Å². The molecule has 0 aliphatic heterocycles. The summed E-state index contributed by atoms with van der Waals surface area (Å²) >= 11 is 0. The molecule has 2 N–H and O–H groups in total. The Labute approximate surface area is 106 Å². The molecule has 0 radical (unpaired) electrons. The number of Topliss-reactive ketones (excluding diaryl/α,β-unsaturated/α-hetero) is 1. The molecule has 0 aliphatic rings. The van der Waals surface area contributed by atoms with Crippen molar-refractivity contribution in [3.8, 4) is 0 Å². The van der Waals surface area contributed by atoms with Crippen LogP contribution in [0.3, 0.4) is 0 Å². The fraction of sp³-hybridized carbons (Fsp3) is 0.286. The molecule has 4 heteroatoms. The van der Waals surface area contributed by atoms with Gasteiger partial charge in [-0.15, -0.1) is 0 Å². The zero-order valence-corrected chi connectivity index (χ0v) is 10.7. The van der Waals surface area contributed by atoms with Crippen LogP contribution >= 0.6 is 0 Å². The second kappa shape index (κ2) is 5.04. The quantitative estimate of drug-likeness (QED) is 0.661. The first-order chi connectivity index (χ1) is 8.58. The first-order valence-electron chi connectivity index (χ1n) is 5.93. The van der Waals surface area contributed by atoms with Crippen LogP contribution in [0.4, 0.5) is 5.69 Å². The third-order valence-corrected chi connectivity index (χ3v) is 3.08. The van der Waals surface area contributed by atoms with Crippen molar-refractivity contribution in [1.82, 2.24) is 9.78 Å². The Morgan fingerprint density at radius 2 is 2.22 bits per heavy atom. The Bertz CT molecular complexity index is 572. The van der Waals surface area contributed by atoms with Gasteiger partial charge in [0.1, 0.15) is 0 Å². The molecule has 94 valence electrons. The fourth-order valence-corrected chi connectivity index (χ4v) is 1.95. The lowest BCUT2D eigenvalue weighted by Crippen LogP contribution is -2.05. The van der Waals surface area contributed by atoms with Crippen molar-refractivity contribution in [2.45, 2.75) is 19.8 Å². The number of carbonyl (C=O) groups excluding carboxylic acids is 1. The van der Waals surface area contributed by atoms with E-state index >= 15 is 0 Å². The highest BCUT2D eigenvalue weighted by molar-refractivity contribution is 5.98. The maximum atomic E-state index is 12.1. The SMILES string of the molecule is Cc1c(N)cccc1C(=O)CCc1cnn(C)c1. The van der Waals surface area contributed by atoms with Gasteiger partial charge in [0, 0.05) is 30.9 Å². The monoisotopic (exact) mass is 243 g/mol. The molecule has 0 fully saturated rings. The minimum Gasteiger partial charge on any atom is -0.398 e. The van der Waals surface area contributed by atoms with Gasteiger partial charge < -0.3 is 5.73 Å². The number of ketones is 1. The number of aryl methyl sites for hydroxylation is 2. The van der Waals surface area contributed by atoms with Crippen LogP contribution in [0.2, 0.25) is 0 Å². The Morgan fingerprint density at radius 3 is 2.89 bits per heavy atom. The molecule has 1 aromatic heterocycles. The minimum atomic E-state index is 0.128. The summed E-state index contributed by atoms with van der Waals surface area (Å²) in [5, 5.41) is 4.08. The molecule has 2 rings (SSSR count).